The molecule has 0 amide bonds. The maximum Gasteiger partial charge on any atom is 0.278 e. The molecule has 4 rings (SSSR count). The molecule has 0 radical (unpaired) electrons. The van der Waals surface area contributed by atoms with Crippen molar-refractivity contribution in [2.45, 2.75) is 31.7 Å². The molecule has 2 fully saturated rings. The molecular weight excluding hydrogens is 304 g/mol. The van der Waals surface area contributed by atoms with Crippen molar-refractivity contribution >= 4 is 22.1 Å². The number of benzene rings is 1. The minimum Gasteiger partial charge on any atom is -0.371 e. The van der Waals surface area contributed by atoms with Gasteiger partial charge in [0.2, 0.25) is 0 Å². The first-order valence-corrected chi connectivity index (χ1v) is 8.72. The van der Waals surface area contributed by atoms with E-state index >= 15 is 0 Å². The van der Waals surface area contributed by atoms with E-state index < -0.39 is 0 Å². The average molecular weight is 326 g/mol. The lowest BCUT2D eigenvalue weighted by Crippen LogP contribution is -2.43. The first-order valence-electron chi connectivity index (χ1n) is 8.72. The number of fused-ring (bicyclic) bond motifs is 1. The second kappa shape index (κ2) is 6.36. The summed E-state index contributed by atoms with van der Waals surface area (Å²) in [6.45, 7) is 3.13. The predicted octanol–water partition coefficient (Wildman–Crippen LogP) is 3.11. The molecule has 6 nitrogen and oxygen atoms in total. The van der Waals surface area contributed by atoms with Crippen molar-refractivity contribution in [1.82, 2.24) is 10.3 Å². The maximum absolute atomic E-state index is 11.2. The zero-order chi connectivity index (χ0) is 16.5. The molecule has 24 heavy (non-hydrogen) atoms. The van der Waals surface area contributed by atoms with E-state index in [2.05, 4.69) is 15.2 Å². The number of hydrogen-bond donors (Lipinski definition) is 1. The molecule has 1 N–H and O–H groups in total. The van der Waals surface area contributed by atoms with Crippen molar-refractivity contribution in [3.8, 4) is 0 Å². The summed E-state index contributed by atoms with van der Waals surface area (Å²) in [5.74, 6) is 0.911. The van der Waals surface area contributed by atoms with Crippen LogP contribution in [0.15, 0.2) is 30.6 Å². The van der Waals surface area contributed by atoms with Gasteiger partial charge in [-0.2, -0.15) is 0 Å². The van der Waals surface area contributed by atoms with Gasteiger partial charge in [-0.25, -0.2) is 0 Å². The second-order valence-corrected chi connectivity index (χ2v) is 6.90. The minimum absolute atomic E-state index is 0.128. The number of nitrogens with zero attached hydrogens (tertiary/aromatic N) is 3. The van der Waals surface area contributed by atoms with E-state index in [-0.39, 0.29) is 10.6 Å². The van der Waals surface area contributed by atoms with Gasteiger partial charge >= 0.3 is 0 Å². The van der Waals surface area contributed by atoms with Crippen molar-refractivity contribution in [2.24, 2.45) is 5.92 Å². The fourth-order valence-electron chi connectivity index (χ4n) is 3.57. The molecule has 1 aliphatic carbocycles. The van der Waals surface area contributed by atoms with Gasteiger partial charge < -0.3 is 10.2 Å². The van der Waals surface area contributed by atoms with E-state index in [1.807, 2.05) is 12.1 Å². The smallest absolute Gasteiger partial charge is 0.278 e. The van der Waals surface area contributed by atoms with Crippen LogP contribution in [0.1, 0.15) is 25.7 Å². The summed E-state index contributed by atoms with van der Waals surface area (Å²) in [4.78, 5) is 17.3. The van der Waals surface area contributed by atoms with Crippen LogP contribution in [0.25, 0.3) is 10.8 Å². The number of nitro benzene ring substituents is 1. The Kier molecular flexibility index (Phi) is 4.06. The van der Waals surface area contributed by atoms with Crippen LogP contribution in [-0.4, -0.2) is 35.6 Å². The van der Waals surface area contributed by atoms with E-state index in [0.29, 0.717) is 11.4 Å². The number of non-ortho nitro benzene ring substituents is 1. The van der Waals surface area contributed by atoms with Crippen LogP contribution in [0.2, 0.25) is 0 Å². The van der Waals surface area contributed by atoms with Crippen molar-refractivity contribution in [3.63, 3.8) is 0 Å². The van der Waals surface area contributed by atoms with Crippen LogP contribution in [0.3, 0.4) is 0 Å². The molecule has 2 aromatic rings. The Labute approximate surface area is 141 Å². The third-order valence-corrected chi connectivity index (χ3v) is 5.20. The number of hydrogen-bond acceptors (Lipinski definition) is 5. The third-order valence-electron chi connectivity index (χ3n) is 5.20. The molecule has 0 atom stereocenters. The van der Waals surface area contributed by atoms with Crippen molar-refractivity contribution < 1.29 is 4.92 Å². The van der Waals surface area contributed by atoms with Gasteiger partial charge in [0.15, 0.2) is 0 Å². The van der Waals surface area contributed by atoms with Crippen LogP contribution >= 0.6 is 0 Å². The van der Waals surface area contributed by atoms with Gasteiger partial charge in [0.25, 0.3) is 5.69 Å². The molecular formula is C18H22N4O2. The first-order chi connectivity index (χ1) is 11.7. The zero-order valence-electron chi connectivity index (χ0n) is 13.6. The molecule has 126 valence electrons. The van der Waals surface area contributed by atoms with Gasteiger partial charge in [0.1, 0.15) is 0 Å². The van der Waals surface area contributed by atoms with E-state index in [9.17, 15) is 10.1 Å². The fourth-order valence-corrected chi connectivity index (χ4v) is 3.57. The van der Waals surface area contributed by atoms with Crippen LogP contribution in [0.4, 0.5) is 11.4 Å². The molecule has 6 heteroatoms. The van der Waals surface area contributed by atoms with Crippen molar-refractivity contribution in [2.75, 3.05) is 24.5 Å². The van der Waals surface area contributed by atoms with Crippen LogP contribution in [-0.2, 0) is 0 Å². The Balaban J connectivity index is 1.52. The van der Waals surface area contributed by atoms with E-state index in [1.165, 1.54) is 12.8 Å². The molecule has 0 spiro atoms. The van der Waals surface area contributed by atoms with Gasteiger partial charge in [-0.05, 0) is 50.3 Å². The van der Waals surface area contributed by atoms with Crippen LogP contribution < -0.4 is 10.2 Å². The number of aromatic nitrogens is 1. The number of nitrogens with one attached hydrogen (secondary N) is 1. The van der Waals surface area contributed by atoms with Crippen molar-refractivity contribution in [1.29, 1.82) is 0 Å². The number of piperidine rings is 1. The summed E-state index contributed by atoms with van der Waals surface area (Å²) >= 11 is 0. The lowest BCUT2D eigenvalue weighted by atomic mass is 10.0. The zero-order valence-corrected chi connectivity index (χ0v) is 13.6. The van der Waals surface area contributed by atoms with Gasteiger partial charge in [-0.3, -0.25) is 15.1 Å². The maximum atomic E-state index is 11.2. The van der Waals surface area contributed by atoms with Gasteiger partial charge in [-0.1, -0.05) is 0 Å². The van der Waals surface area contributed by atoms with Gasteiger partial charge in [-0.15, -0.1) is 0 Å². The lowest BCUT2D eigenvalue weighted by molar-refractivity contribution is -0.383. The fraction of sp³-hybridized carbons (Fsp3) is 0.500. The minimum atomic E-state index is -0.332. The van der Waals surface area contributed by atoms with Gasteiger partial charge in [0.05, 0.1) is 10.3 Å². The molecule has 1 aromatic carbocycles. The Morgan fingerprint density at radius 2 is 1.96 bits per heavy atom. The highest BCUT2D eigenvalue weighted by Gasteiger charge is 2.25. The Morgan fingerprint density at radius 3 is 2.67 bits per heavy atom. The summed E-state index contributed by atoms with van der Waals surface area (Å²) in [7, 11) is 0. The molecule has 2 heterocycles. The third kappa shape index (κ3) is 3.06. The molecule has 1 aromatic heterocycles. The standard InChI is InChI=1S/C18H22N4O2/c23-22(24)18-4-3-17(15-5-8-19-12-16(15)18)21-9-6-14(7-10-21)20-11-13-1-2-13/h3-5,8,12-14,20H,1-2,6-7,9-11H2. The monoisotopic (exact) mass is 326 g/mol. The highest BCUT2D eigenvalue weighted by molar-refractivity contribution is 5.99. The lowest BCUT2D eigenvalue weighted by Gasteiger charge is -2.34. The summed E-state index contributed by atoms with van der Waals surface area (Å²) in [6, 6.07) is 5.98. The van der Waals surface area contributed by atoms with Crippen LogP contribution in [0, 0.1) is 16.0 Å². The van der Waals surface area contributed by atoms with E-state index in [4.69, 9.17) is 0 Å². The Morgan fingerprint density at radius 1 is 1.17 bits per heavy atom. The highest BCUT2D eigenvalue weighted by atomic mass is 16.6. The Bertz CT molecular complexity index is 752. The number of rotatable bonds is 5. The molecule has 0 unspecified atom stereocenters. The van der Waals surface area contributed by atoms with E-state index in [0.717, 1.165) is 49.5 Å². The molecule has 1 saturated heterocycles. The van der Waals surface area contributed by atoms with Crippen molar-refractivity contribution in [3.05, 3.63) is 40.7 Å². The van der Waals surface area contributed by atoms with E-state index in [1.54, 1.807) is 18.5 Å². The largest absolute Gasteiger partial charge is 0.371 e. The molecule has 2 aliphatic rings. The summed E-state index contributed by atoms with van der Waals surface area (Å²) in [5.41, 5.74) is 1.21. The second-order valence-electron chi connectivity index (χ2n) is 6.90. The molecule has 1 aliphatic heterocycles. The van der Waals surface area contributed by atoms with Gasteiger partial charge in [0, 0.05) is 48.7 Å². The summed E-state index contributed by atoms with van der Waals surface area (Å²) in [6.07, 6.45) is 8.32. The molecule has 0 bridgehead atoms. The normalized spacial score (nSPS) is 18.9. The number of anilines is 1. The average Bonchev–Trinajstić information content (AvgIpc) is 3.44. The molecule has 1 saturated carbocycles. The quantitative estimate of drug-likeness (QED) is 0.675. The summed E-state index contributed by atoms with van der Waals surface area (Å²) < 4.78 is 0. The summed E-state index contributed by atoms with van der Waals surface area (Å²) in [5, 5.41) is 16.5. The highest BCUT2D eigenvalue weighted by Crippen LogP contribution is 2.34. The Hall–Kier alpha value is -2.21. The number of nitro groups is 1. The topological polar surface area (TPSA) is 71.3 Å². The SMILES string of the molecule is O=[N+]([O-])c1ccc(N2CCC(NCC3CC3)CC2)c2ccncc12. The predicted molar refractivity (Wildman–Crippen MR) is 94.4 cm³/mol. The van der Waals surface area contributed by atoms with Crippen LogP contribution in [0.5, 0.6) is 0 Å². The first kappa shape index (κ1) is 15.3. The number of pyridine rings is 1.